The van der Waals surface area contributed by atoms with Crippen molar-refractivity contribution in [3.63, 3.8) is 0 Å². The number of nitrogens with one attached hydrogen (secondary N) is 1. The van der Waals surface area contributed by atoms with Crippen molar-refractivity contribution in [1.29, 1.82) is 0 Å². The lowest BCUT2D eigenvalue weighted by Crippen LogP contribution is -2.35. The molecule has 0 unspecified atom stereocenters. The highest BCUT2D eigenvalue weighted by Crippen LogP contribution is 2.11. The van der Waals surface area contributed by atoms with Crippen molar-refractivity contribution in [2.45, 2.75) is 52.6 Å². The Bertz CT molecular complexity index is 608. The minimum Gasteiger partial charge on any atom is -0.352 e. The van der Waals surface area contributed by atoms with Gasteiger partial charge in [0.1, 0.15) is 6.54 Å². The van der Waals surface area contributed by atoms with E-state index in [0.717, 1.165) is 18.4 Å². The van der Waals surface area contributed by atoms with Crippen LogP contribution in [0.5, 0.6) is 0 Å². The van der Waals surface area contributed by atoms with Crippen LogP contribution in [0.25, 0.3) is 11.4 Å². The monoisotopic (exact) mass is 315 g/mol. The fourth-order valence-electron chi connectivity index (χ4n) is 2.37. The van der Waals surface area contributed by atoms with Crippen LogP contribution in [-0.4, -0.2) is 32.2 Å². The average Bonchev–Trinajstić information content (AvgIpc) is 2.96. The zero-order chi connectivity index (χ0) is 16.7. The van der Waals surface area contributed by atoms with E-state index < -0.39 is 0 Å². The Morgan fingerprint density at radius 3 is 2.61 bits per heavy atom. The second-order valence-corrected chi connectivity index (χ2v) is 6.30. The molecule has 1 N–H and O–H groups in total. The van der Waals surface area contributed by atoms with Gasteiger partial charge in [-0.25, -0.2) is 0 Å². The van der Waals surface area contributed by atoms with Gasteiger partial charge in [-0.15, -0.1) is 10.2 Å². The molecule has 124 valence electrons. The first kappa shape index (κ1) is 17.1. The second kappa shape index (κ2) is 8.41. The number of benzene rings is 1. The number of hydrogen-bond donors (Lipinski definition) is 1. The van der Waals surface area contributed by atoms with E-state index in [0.29, 0.717) is 11.7 Å². The predicted molar refractivity (Wildman–Crippen MR) is 89.5 cm³/mol. The molecule has 0 radical (unpaired) electrons. The van der Waals surface area contributed by atoms with Gasteiger partial charge in [-0.1, -0.05) is 57.0 Å². The number of aromatic nitrogens is 4. The van der Waals surface area contributed by atoms with Gasteiger partial charge in [0.05, 0.1) is 0 Å². The van der Waals surface area contributed by atoms with Gasteiger partial charge in [0.15, 0.2) is 0 Å². The lowest BCUT2D eigenvalue weighted by Gasteiger charge is -2.14. The topological polar surface area (TPSA) is 72.7 Å². The van der Waals surface area contributed by atoms with Crippen LogP contribution >= 0.6 is 0 Å². The highest BCUT2D eigenvalue weighted by molar-refractivity contribution is 5.75. The molecule has 0 saturated heterocycles. The molecule has 0 aliphatic carbocycles. The Morgan fingerprint density at radius 1 is 1.17 bits per heavy atom. The second-order valence-electron chi connectivity index (χ2n) is 6.30. The van der Waals surface area contributed by atoms with Crippen LogP contribution in [-0.2, 0) is 11.3 Å². The van der Waals surface area contributed by atoms with E-state index in [4.69, 9.17) is 0 Å². The molecule has 0 aliphatic heterocycles. The van der Waals surface area contributed by atoms with Crippen molar-refractivity contribution in [2.24, 2.45) is 5.92 Å². The molecule has 0 fully saturated rings. The highest BCUT2D eigenvalue weighted by Gasteiger charge is 2.11. The molecule has 0 bridgehead atoms. The predicted octanol–water partition coefficient (Wildman–Crippen LogP) is 2.67. The van der Waals surface area contributed by atoms with Crippen LogP contribution in [0.1, 0.15) is 40.0 Å². The quantitative estimate of drug-likeness (QED) is 0.813. The smallest absolute Gasteiger partial charge is 0.243 e. The van der Waals surface area contributed by atoms with Crippen molar-refractivity contribution in [1.82, 2.24) is 25.5 Å². The van der Waals surface area contributed by atoms with E-state index in [9.17, 15) is 4.79 Å². The Kier molecular flexibility index (Phi) is 6.26. The van der Waals surface area contributed by atoms with E-state index >= 15 is 0 Å². The van der Waals surface area contributed by atoms with Crippen molar-refractivity contribution in [3.8, 4) is 11.4 Å². The van der Waals surface area contributed by atoms with Crippen LogP contribution in [0.2, 0.25) is 0 Å². The molecule has 6 heteroatoms. The molecule has 1 aromatic carbocycles. The molecule has 2 rings (SSSR count). The summed E-state index contributed by atoms with van der Waals surface area (Å²) in [7, 11) is 0. The van der Waals surface area contributed by atoms with Crippen molar-refractivity contribution in [3.05, 3.63) is 30.3 Å². The van der Waals surface area contributed by atoms with Crippen molar-refractivity contribution in [2.75, 3.05) is 0 Å². The zero-order valence-corrected chi connectivity index (χ0v) is 14.1. The average molecular weight is 315 g/mol. The Labute approximate surface area is 137 Å². The molecular weight excluding hydrogens is 290 g/mol. The summed E-state index contributed by atoms with van der Waals surface area (Å²) in [4.78, 5) is 13.4. The summed E-state index contributed by atoms with van der Waals surface area (Å²) >= 11 is 0. The number of amides is 1. The molecule has 6 nitrogen and oxygen atoms in total. The van der Waals surface area contributed by atoms with E-state index in [1.165, 1.54) is 11.2 Å². The number of rotatable bonds is 8. The van der Waals surface area contributed by atoms with E-state index in [1.807, 2.05) is 37.3 Å². The van der Waals surface area contributed by atoms with Gasteiger partial charge in [-0.05, 0) is 24.5 Å². The number of hydrogen-bond acceptors (Lipinski definition) is 4. The maximum absolute atomic E-state index is 12.0. The number of tetrazole rings is 1. The van der Waals surface area contributed by atoms with Gasteiger partial charge < -0.3 is 5.32 Å². The molecule has 0 aliphatic rings. The van der Waals surface area contributed by atoms with Crippen molar-refractivity contribution < 1.29 is 4.79 Å². The molecule has 0 spiro atoms. The highest BCUT2D eigenvalue weighted by atomic mass is 16.2. The first-order chi connectivity index (χ1) is 11.0. The van der Waals surface area contributed by atoms with E-state index in [-0.39, 0.29) is 18.5 Å². The largest absolute Gasteiger partial charge is 0.352 e. The van der Waals surface area contributed by atoms with E-state index in [2.05, 4.69) is 34.6 Å². The normalized spacial score (nSPS) is 12.3. The molecular formula is C17H25N5O. The minimum absolute atomic E-state index is 0.0842. The number of carbonyl (C=O) groups is 1. The summed E-state index contributed by atoms with van der Waals surface area (Å²) in [6, 6.07) is 9.76. The summed E-state index contributed by atoms with van der Waals surface area (Å²) in [5, 5.41) is 15.2. The molecule has 1 atom stereocenters. The van der Waals surface area contributed by atoms with Gasteiger partial charge >= 0.3 is 0 Å². The van der Waals surface area contributed by atoms with E-state index in [1.54, 1.807) is 0 Å². The Hall–Kier alpha value is -2.24. The fraction of sp³-hybridized carbons (Fsp3) is 0.529. The van der Waals surface area contributed by atoms with Gasteiger partial charge in [0.2, 0.25) is 11.7 Å². The third kappa shape index (κ3) is 5.81. The zero-order valence-electron chi connectivity index (χ0n) is 14.1. The SMILES string of the molecule is CC(C)CCC[C@@H](C)NC(=O)Cn1nnc(-c2ccccc2)n1. The lowest BCUT2D eigenvalue weighted by molar-refractivity contribution is -0.122. The summed E-state index contributed by atoms with van der Waals surface area (Å²) < 4.78 is 0. The summed E-state index contributed by atoms with van der Waals surface area (Å²) in [5.41, 5.74) is 0.890. The first-order valence-corrected chi connectivity index (χ1v) is 8.17. The molecule has 1 aromatic heterocycles. The number of carbonyl (C=O) groups excluding carboxylic acids is 1. The molecule has 23 heavy (non-hydrogen) atoms. The van der Waals surface area contributed by atoms with Crippen LogP contribution in [0.15, 0.2) is 30.3 Å². The van der Waals surface area contributed by atoms with Gasteiger partial charge in [-0.2, -0.15) is 4.80 Å². The maximum Gasteiger partial charge on any atom is 0.243 e. The Balaban J connectivity index is 1.80. The van der Waals surface area contributed by atoms with Gasteiger partial charge in [-0.3, -0.25) is 4.79 Å². The Morgan fingerprint density at radius 2 is 1.91 bits per heavy atom. The van der Waals surface area contributed by atoms with Crippen LogP contribution in [0.3, 0.4) is 0 Å². The molecule has 1 amide bonds. The molecule has 1 heterocycles. The lowest BCUT2D eigenvalue weighted by atomic mass is 10.0. The summed E-state index contributed by atoms with van der Waals surface area (Å²) in [5.74, 6) is 1.15. The first-order valence-electron chi connectivity index (χ1n) is 8.17. The third-order valence-electron chi connectivity index (χ3n) is 3.60. The van der Waals surface area contributed by atoms with Crippen molar-refractivity contribution >= 4 is 5.91 Å². The third-order valence-corrected chi connectivity index (χ3v) is 3.60. The summed E-state index contributed by atoms with van der Waals surface area (Å²) in [6.45, 7) is 6.55. The maximum atomic E-state index is 12.0. The van der Waals surface area contributed by atoms with Gasteiger partial charge in [0.25, 0.3) is 0 Å². The van der Waals surface area contributed by atoms with Crippen LogP contribution in [0, 0.1) is 5.92 Å². The molecule has 2 aromatic rings. The number of nitrogens with zero attached hydrogens (tertiary/aromatic N) is 4. The molecule has 0 saturated carbocycles. The fourth-order valence-corrected chi connectivity index (χ4v) is 2.37. The summed E-state index contributed by atoms with van der Waals surface area (Å²) in [6.07, 6.45) is 3.30. The van der Waals surface area contributed by atoms with Crippen LogP contribution in [0.4, 0.5) is 0 Å². The standard InChI is InChI=1S/C17H25N5O/c1-13(2)8-7-9-14(3)18-16(23)12-22-20-17(19-21-22)15-10-5-4-6-11-15/h4-6,10-11,13-14H,7-9,12H2,1-3H3,(H,18,23)/t14-/m1/s1. The minimum atomic E-state index is -0.0842. The van der Waals surface area contributed by atoms with Crippen LogP contribution < -0.4 is 5.32 Å². The van der Waals surface area contributed by atoms with Gasteiger partial charge in [0, 0.05) is 11.6 Å².